The molecule has 0 aliphatic carbocycles. The normalized spacial score (nSPS) is 18.4. The molecule has 1 unspecified atom stereocenters. The van der Waals surface area contributed by atoms with E-state index in [-0.39, 0.29) is 11.9 Å². The third-order valence-corrected chi connectivity index (χ3v) is 2.82. The van der Waals surface area contributed by atoms with Crippen LogP contribution in [-0.2, 0) is 4.79 Å². The van der Waals surface area contributed by atoms with Gasteiger partial charge in [0.2, 0.25) is 5.91 Å². The molecule has 2 rings (SSSR count). The van der Waals surface area contributed by atoms with Crippen molar-refractivity contribution in [1.29, 1.82) is 0 Å². The molecule has 1 aromatic rings. The highest BCUT2D eigenvalue weighted by Crippen LogP contribution is 2.33. The zero-order chi connectivity index (χ0) is 10.8. The Morgan fingerprint density at radius 2 is 2.20 bits per heavy atom. The molecule has 0 spiro atoms. The first-order valence-corrected chi connectivity index (χ1v) is 5.05. The highest BCUT2D eigenvalue weighted by Gasteiger charge is 2.22. The summed E-state index contributed by atoms with van der Waals surface area (Å²) in [4.78, 5) is 17.4. The van der Waals surface area contributed by atoms with Crippen LogP contribution in [0.25, 0.3) is 0 Å². The minimum Gasteiger partial charge on any atom is -0.339 e. The number of amides is 1. The van der Waals surface area contributed by atoms with Crippen molar-refractivity contribution in [2.45, 2.75) is 19.4 Å². The maximum absolute atomic E-state index is 11.3. The Bertz CT molecular complexity index is 412. The third-order valence-electron chi connectivity index (χ3n) is 2.82. The summed E-state index contributed by atoms with van der Waals surface area (Å²) < 4.78 is 0. The number of aliphatic imine (C=N–C) groups is 1. The fraction of sp³-hybridized carbons (Fsp3) is 0.333. The van der Waals surface area contributed by atoms with Gasteiger partial charge in [0, 0.05) is 32.2 Å². The topological polar surface area (TPSA) is 32.7 Å². The molecule has 0 saturated heterocycles. The number of para-hydroxylation sites is 1. The standard InChI is InChI=1S/C12H14N2O/c1-9(15)14(2)12-7-8-13-11-6-4-3-5-10(11)12/h3-6,8,12H,7H2,1-2H3. The van der Waals surface area contributed by atoms with Crippen molar-refractivity contribution in [3.8, 4) is 0 Å². The summed E-state index contributed by atoms with van der Waals surface area (Å²) in [5.41, 5.74) is 2.11. The summed E-state index contributed by atoms with van der Waals surface area (Å²) in [6.45, 7) is 1.59. The van der Waals surface area contributed by atoms with E-state index in [4.69, 9.17) is 0 Å². The van der Waals surface area contributed by atoms with Crippen molar-refractivity contribution in [2.24, 2.45) is 4.99 Å². The molecule has 78 valence electrons. The van der Waals surface area contributed by atoms with Crippen LogP contribution in [0.3, 0.4) is 0 Å². The summed E-state index contributed by atoms with van der Waals surface area (Å²) in [7, 11) is 1.84. The smallest absolute Gasteiger partial charge is 0.219 e. The minimum atomic E-state index is 0.0881. The van der Waals surface area contributed by atoms with Gasteiger partial charge in [-0.25, -0.2) is 0 Å². The molecule has 0 N–H and O–H groups in total. The average molecular weight is 202 g/mol. The zero-order valence-electron chi connectivity index (χ0n) is 8.97. The largest absolute Gasteiger partial charge is 0.339 e. The summed E-state index contributed by atoms with van der Waals surface area (Å²) in [6.07, 6.45) is 2.68. The Hall–Kier alpha value is -1.64. The molecule has 1 amide bonds. The molecule has 1 aromatic carbocycles. The van der Waals surface area contributed by atoms with Gasteiger partial charge in [-0.2, -0.15) is 0 Å². The number of carbonyl (C=O) groups is 1. The fourth-order valence-electron chi connectivity index (χ4n) is 1.85. The third kappa shape index (κ3) is 1.77. The molecule has 1 aliphatic rings. The molecule has 0 bridgehead atoms. The molecule has 15 heavy (non-hydrogen) atoms. The van der Waals surface area contributed by atoms with Crippen LogP contribution in [0.4, 0.5) is 5.69 Å². The first-order valence-electron chi connectivity index (χ1n) is 5.05. The highest BCUT2D eigenvalue weighted by atomic mass is 16.2. The van der Waals surface area contributed by atoms with E-state index in [0.29, 0.717) is 0 Å². The van der Waals surface area contributed by atoms with Crippen LogP contribution < -0.4 is 0 Å². The van der Waals surface area contributed by atoms with Crippen molar-refractivity contribution in [3.63, 3.8) is 0 Å². The zero-order valence-corrected chi connectivity index (χ0v) is 8.97. The van der Waals surface area contributed by atoms with Crippen molar-refractivity contribution in [1.82, 2.24) is 4.90 Å². The molecular formula is C12H14N2O. The van der Waals surface area contributed by atoms with E-state index < -0.39 is 0 Å². The van der Waals surface area contributed by atoms with E-state index in [2.05, 4.69) is 4.99 Å². The molecular weight excluding hydrogens is 188 g/mol. The number of benzene rings is 1. The maximum atomic E-state index is 11.3. The summed E-state index contributed by atoms with van der Waals surface area (Å²) >= 11 is 0. The van der Waals surface area contributed by atoms with Gasteiger partial charge in [0.15, 0.2) is 0 Å². The van der Waals surface area contributed by atoms with Crippen molar-refractivity contribution >= 4 is 17.8 Å². The lowest BCUT2D eigenvalue weighted by Gasteiger charge is -2.29. The molecule has 0 saturated carbocycles. The van der Waals surface area contributed by atoms with Gasteiger partial charge in [-0.15, -0.1) is 0 Å². The first kappa shape index (κ1) is 9.90. The molecule has 0 fully saturated rings. The Morgan fingerprint density at radius 3 is 2.93 bits per heavy atom. The van der Waals surface area contributed by atoms with Crippen LogP contribution in [-0.4, -0.2) is 24.1 Å². The van der Waals surface area contributed by atoms with Gasteiger partial charge < -0.3 is 4.90 Å². The van der Waals surface area contributed by atoms with E-state index in [1.165, 1.54) is 0 Å². The Labute approximate surface area is 89.4 Å². The molecule has 1 atom stereocenters. The van der Waals surface area contributed by atoms with Gasteiger partial charge in [0.05, 0.1) is 11.7 Å². The average Bonchev–Trinajstić information content (AvgIpc) is 2.27. The van der Waals surface area contributed by atoms with Crippen LogP contribution >= 0.6 is 0 Å². The second kappa shape index (κ2) is 3.85. The van der Waals surface area contributed by atoms with Gasteiger partial charge in [-0.05, 0) is 6.07 Å². The van der Waals surface area contributed by atoms with Gasteiger partial charge in [-0.1, -0.05) is 18.2 Å². The summed E-state index contributed by atoms with van der Waals surface area (Å²) in [5.74, 6) is 0.0881. The lowest BCUT2D eigenvalue weighted by molar-refractivity contribution is -0.129. The minimum absolute atomic E-state index is 0.0881. The maximum Gasteiger partial charge on any atom is 0.219 e. The predicted molar refractivity (Wildman–Crippen MR) is 60.4 cm³/mol. The van der Waals surface area contributed by atoms with Gasteiger partial charge >= 0.3 is 0 Å². The van der Waals surface area contributed by atoms with E-state index in [9.17, 15) is 4.79 Å². The van der Waals surface area contributed by atoms with E-state index in [1.54, 1.807) is 11.8 Å². The second-order valence-corrected chi connectivity index (χ2v) is 3.75. The number of carbonyl (C=O) groups excluding carboxylic acids is 1. The van der Waals surface area contributed by atoms with Crippen LogP contribution in [0, 0.1) is 0 Å². The van der Waals surface area contributed by atoms with Crippen molar-refractivity contribution < 1.29 is 4.79 Å². The number of fused-ring (bicyclic) bond motifs is 1. The first-order chi connectivity index (χ1) is 7.20. The van der Waals surface area contributed by atoms with Crippen LogP contribution in [0.15, 0.2) is 29.3 Å². The van der Waals surface area contributed by atoms with E-state index >= 15 is 0 Å². The van der Waals surface area contributed by atoms with Crippen molar-refractivity contribution in [2.75, 3.05) is 7.05 Å². The molecule has 3 heteroatoms. The number of rotatable bonds is 1. The highest BCUT2D eigenvalue weighted by molar-refractivity contribution is 5.76. The quantitative estimate of drug-likeness (QED) is 0.687. The Balaban J connectivity index is 2.38. The van der Waals surface area contributed by atoms with E-state index in [0.717, 1.165) is 17.7 Å². The summed E-state index contributed by atoms with van der Waals surface area (Å²) in [6, 6.07) is 8.10. The van der Waals surface area contributed by atoms with Crippen molar-refractivity contribution in [3.05, 3.63) is 29.8 Å². The number of hydrogen-bond acceptors (Lipinski definition) is 2. The van der Waals surface area contributed by atoms with Gasteiger partial charge in [-0.3, -0.25) is 9.79 Å². The van der Waals surface area contributed by atoms with Gasteiger partial charge in [0.1, 0.15) is 0 Å². The lowest BCUT2D eigenvalue weighted by Crippen LogP contribution is -2.30. The van der Waals surface area contributed by atoms with E-state index in [1.807, 2.05) is 37.5 Å². The molecule has 3 nitrogen and oxygen atoms in total. The predicted octanol–water partition coefficient (Wildman–Crippen LogP) is 2.31. The SMILES string of the molecule is CC(=O)N(C)C1CC=Nc2ccccc21. The monoisotopic (exact) mass is 202 g/mol. The van der Waals surface area contributed by atoms with Crippen LogP contribution in [0.1, 0.15) is 24.9 Å². The Morgan fingerprint density at radius 1 is 1.47 bits per heavy atom. The van der Waals surface area contributed by atoms with Crippen LogP contribution in [0.2, 0.25) is 0 Å². The number of hydrogen-bond donors (Lipinski definition) is 0. The van der Waals surface area contributed by atoms with Gasteiger partial charge in [0.25, 0.3) is 0 Å². The molecule has 0 radical (unpaired) electrons. The number of nitrogens with zero attached hydrogens (tertiary/aromatic N) is 2. The summed E-state index contributed by atoms with van der Waals surface area (Å²) in [5, 5.41) is 0. The molecule has 1 heterocycles. The Kier molecular flexibility index (Phi) is 2.54. The van der Waals surface area contributed by atoms with Crippen LogP contribution in [0.5, 0.6) is 0 Å². The molecule has 1 aliphatic heterocycles. The fourth-order valence-corrected chi connectivity index (χ4v) is 1.85. The lowest BCUT2D eigenvalue weighted by atomic mass is 9.98. The molecule has 0 aromatic heterocycles. The second-order valence-electron chi connectivity index (χ2n) is 3.75.